The SMILES string of the molecule is Brc1cc(NCc2ccoc2)ncn1. The number of furan rings is 1. The summed E-state index contributed by atoms with van der Waals surface area (Å²) in [4.78, 5) is 7.99. The van der Waals surface area contributed by atoms with Gasteiger partial charge in [0.2, 0.25) is 0 Å². The normalized spacial score (nSPS) is 10.1. The van der Waals surface area contributed by atoms with Gasteiger partial charge in [-0.25, -0.2) is 9.97 Å². The molecule has 72 valence electrons. The van der Waals surface area contributed by atoms with E-state index in [0.717, 1.165) is 16.0 Å². The van der Waals surface area contributed by atoms with Gasteiger partial charge in [-0.15, -0.1) is 0 Å². The van der Waals surface area contributed by atoms with Crippen LogP contribution in [0.1, 0.15) is 5.56 Å². The molecular weight excluding hydrogens is 246 g/mol. The zero-order valence-electron chi connectivity index (χ0n) is 7.27. The number of nitrogens with zero attached hydrogens (tertiary/aromatic N) is 2. The Balaban J connectivity index is 1.98. The van der Waals surface area contributed by atoms with Gasteiger partial charge in [-0.05, 0) is 22.0 Å². The highest BCUT2D eigenvalue weighted by atomic mass is 79.9. The second-order valence-corrected chi connectivity index (χ2v) is 3.52. The van der Waals surface area contributed by atoms with E-state index in [1.54, 1.807) is 12.5 Å². The van der Waals surface area contributed by atoms with Gasteiger partial charge in [-0.2, -0.15) is 0 Å². The summed E-state index contributed by atoms with van der Waals surface area (Å²) >= 11 is 3.27. The molecule has 2 aromatic rings. The third-order valence-corrected chi connectivity index (χ3v) is 2.12. The largest absolute Gasteiger partial charge is 0.472 e. The lowest BCUT2D eigenvalue weighted by Crippen LogP contribution is -2.00. The summed E-state index contributed by atoms with van der Waals surface area (Å²) in [5.74, 6) is 0.785. The fourth-order valence-corrected chi connectivity index (χ4v) is 1.32. The minimum Gasteiger partial charge on any atom is -0.472 e. The van der Waals surface area contributed by atoms with Gasteiger partial charge in [0.25, 0.3) is 0 Å². The highest BCUT2D eigenvalue weighted by Crippen LogP contribution is 2.10. The summed E-state index contributed by atoms with van der Waals surface area (Å²) in [6.07, 6.45) is 4.85. The zero-order chi connectivity index (χ0) is 9.80. The molecule has 0 radical (unpaired) electrons. The molecule has 2 heterocycles. The maximum absolute atomic E-state index is 4.94. The minimum absolute atomic E-state index is 0.694. The van der Waals surface area contributed by atoms with Gasteiger partial charge in [0, 0.05) is 18.2 Å². The van der Waals surface area contributed by atoms with Crippen molar-refractivity contribution in [3.05, 3.63) is 41.2 Å². The molecule has 4 nitrogen and oxygen atoms in total. The van der Waals surface area contributed by atoms with Gasteiger partial charge >= 0.3 is 0 Å². The molecule has 0 aliphatic heterocycles. The molecule has 0 aliphatic rings. The number of hydrogen-bond donors (Lipinski definition) is 1. The highest BCUT2D eigenvalue weighted by Gasteiger charge is 1.97. The third kappa shape index (κ3) is 2.32. The first-order valence-electron chi connectivity index (χ1n) is 4.07. The molecule has 0 aromatic carbocycles. The molecular formula is C9H8BrN3O. The van der Waals surface area contributed by atoms with Crippen molar-refractivity contribution in [1.82, 2.24) is 9.97 Å². The molecule has 14 heavy (non-hydrogen) atoms. The van der Waals surface area contributed by atoms with Gasteiger partial charge in [0.15, 0.2) is 0 Å². The second-order valence-electron chi connectivity index (χ2n) is 2.71. The van der Waals surface area contributed by atoms with Crippen molar-refractivity contribution in [3.8, 4) is 0 Å². The molecule has 0 unspecified atom stereocenters. The minimum atomic E-state index is 0.694. The third-order valence-electron chi connectivity index (χ3n) is 1.69. The lowest BCUT2D eigenvalue weighted by Gasteiger charge is -2.02. The molecule has 0 bridgehead atoms. The fraction of sp³-hybridized carbons (Fsp3) is 0.111. The molecule has 2 aromatic heterocycles. The predicted octanol–water partition coefficient (Wildman–Crippen LogP) is 2.44. The van der Waals surface area contributed by atoms with Crippen LogP contribution in [-0.4, -0.2) is 9.97 Å². The standard InChI is InChI=1S/C9H8BrN3O/c10-8-3-9(13-6-12-8)11-4-7-1-2-14-5-7/h1-3,5-6H,4H2,(H,11,12,13). The van der Waals surface area contributed by atoms with Crippen LogP contribution < -0.4 is 5.32 Å². The van der Waals surface area contributed by atoms with Crippen LogP contribution in [0.4, 0.5) is 5.82 Å². The van der Waals surface area contributed by atoms with E-state index in [9.17, 15) is 0 Å². The lowest BCUT2D eigenvalue weighted by molar-refractivity contribution is 0.564. The number of hydrogen-bond acceptors (Lipinski definition) is 4. The van der Waals surface area contributed by atoms with Crippen molar-refractivity contribution in [2.45, 2.75) is 6.54 Å². The zero-order valence-corrected chi connectivity index (χ0v) is 8.86. The van der Waals surface area contributed by atoms with Crippen molar-refractivity contribution in [3.63, 3.8) is 0 Å². The predicted molar refractivity (Wildman–Crippen MR) is 55.8 cm³/mol. The fourth-order valence-electron chi connectivity index (χ4n) is 1.02. The van der Waals surface area contributed by atoms with E-state index in [-0.39, 0.29) is 0 Å². The van der Waals surface area contributed by atoms with Gasteiger partial charge in [-0.1, -0.05) is 0 Å². The Kier molecular flexibility index (Phi) is 2.78. The molecule has 0 saturated carbocycles. The summed E-state index contributed by atoms with van der Waals surface area (Å²) in [6.45, 7) is 0.694. The van der Waals surface area contributed by atoms with Crippen LogP contribution in [0.25, 0.3) is 0 Å². The molecule has 0 atom stereocenters. The first-order chi connectivity index (χ1) is 6.84. The number of aromatic nitrogens is 2. The van der Waals surface area contributed by atoms with Crippen LogP contribution in [-0.2, 0) is 6.54 Å². The summed E-state index contributed by atoms with van der Waals surface area (Å²) < 4.78 is 5.71. The Morgan fingerprint density at radius 1 is 1.43 bits per heavy atom. The Morgan fingerprint density at radius 3 is 3.07 bits per heavy atom. The summed E-state index contributed by atoms with van der Waals surface area (Å²) in [5, 5.41) is 3.15. The van der Waals surface area contributed by atoms with Crippen molar-refractivity contribution in [1.29, 1.82) is 0 Å². The van der Waals surface area contributed by atoms with Crippen molar-refractivity contribution >= 4 is 21.7 Å². The smallest absolute Gasteiger partial charge is 0.130 e. The highest BCUT2D eigenvalue weighted by molar-refractivity contribution is 9.10. The van der Waals surface area contributed by atoms with Crippen LogP contribution in [0, 0.1) is 0 Å². The second kappa shape index (κ2) is 4.23. The average Bonchev–Trinajstić information content (AvgIpc) is 2.67. The van der Waals surface area contributed by atoms with E-state index >= 15 is 0 Å². The van der Waals surface area contributed by atoms with Crippen LogP contribution in [0.2, 0.25) is 0 Å². The Hall–Kier alpha value is -1.36. The first-order valence-corrected chi connectivity index (χ1v) is 4.86. The van der Waals surface area contributed by atoms with Crippen LogP contribution in [0.5, 0.6) is 0 Å². The maximum atomic E-state index is 4.94. The van der Waals surface area contributed by atoms with E-state index in [1.807, 2.05) is 12.1 Å². The number of anilines is 1. The number of rotatable bonds is 3. The maximum Gasteiger partial charge on any atom is 0.130 e. The molecule has 0 spiro atoms. The van der Waals surface area contributed by atoms with Crippen LogP contribution in [0.15, 0.2) is 40.0 Å². The summed E-state index contributed by atoms with van der Waals surface area (Å²) in [7, 11) is 0. The lowest BCUT2D eigenvalue weighted by atomic mass is 10.3. The van der Waals surface area contributed by atoms with Gasteiger partial charge in [-0.3, -0.25) is 0 Å². The van der Waals surface area contributed by atoms with Crippen molar-refractivity contribution in [2.24, 2.45) is 0 Å². The molecule has 0 saturated heterocycles. The molecule has 1 N–H and O–H groups in total. The Bertz CT molecular complexity index is 402. The van der Waals surface area contributed by atoms with E-state index in [2.05, 4.69) is 31.2 Å². The number of halogens is 1. The number of nitrogens with one attached hydrogen (secondary N) is 1. The first kappa shape index (κ1) is 9.21. The van der Waals surface area contributed by atoms with E-state index in [4.69, 9.17) is 4.42 Å². The van der Waals surface area contributed by atoms with E-state index in [1.165, 1.54) is 6.33 Å². The van der Waals surface area contributed by atoms with E-state index < -0.39 is 0 Å². The molecule has 0 fully saturated rings. The van der Waals surface area contributed by atoms with Crippen LogP contribution in [0.3, 0.4) is 0 Å². The monoisotopic (exact) mass is 253 g/mol. The van der Waals surface area contributed by atoms with E-state index in [0.29, 0.717) is 6.54 Å². The van der Waals surface area contributed by atoms with Crippen molar-refractivity contribution in [2.75, 3.05) is 5.32 Å². The Morgan fingerprint density at radius 2 is 2.36 bits per heavy atom. The summed E-state index contributed by atoms with van der Waals surface area (Å²) in [5.41, 5.74) is 1.08. The topological polar surface area (TPSA) is 51.0 Å². The average molecular weight is 254 g/mol. The molecule has 5 heteroatoms. The molecule has 2 rings (SSSR count). The van der Waals surface area contributed by atoms with Crippen molar-refractivity contribution < 1.29 is 4.42 Å². The van der Waals surface area contributed by atoms with Crippen LogP contribution >= 0.6 is 15.9 Å². The van der Waals surface area contributed by atoms with Gasteiger partial charge < -0.3 is 9.73 Å². The molecule has 0 aliphatic carbocycles. The quantitative estimate of drug-likeness (QED) is 0.854. The van der Waals surface area contributed by atoms with Gasteiger partial charge in [0.05, 0.1) is 12.5 Å². The summed E-state index contributed by atoms with van der Waals surface area (Å²) in [6, 6.07) is 3.73. The molecule has 0 amide bonds. The van der Waals surface area contributed by atoms with Gasteiger partial charge in [0.1, 0.15) is 16.7 Å². The Labute approximate surface area is 89.5 Å².